The Bertz CT molecular complexity index is 1150. The highest BCUT2D eigenvalue weighted by atomic mass is 35.5. The van der Waals surface area contributed by atoms with Gasteiger partial charge >= 0.3 is 0 Å². The number of carbonyl (C=O) groups excluding carboxylic acids is 1. The minimum Gasteiger partial charge on any atom is -0.497 e. The van der Waals surface area contributed by atoms with Crippen molar-refractivity contribution in [2.75, 3.05) is 12.4 Å². The molecule has 0 unspecified atom stereocenters. The molecule has 0 aliphatic carbocycles. The minimum absolute atomic E-state index is 0.224. The van der Waals surface area contributed by atoms with Crippen molar-refractivity contribution in [3.63, 3.8) is 0 Å². The number of nitrogens with zero attached hydrogens (tertiary/aromatic N) is 1. The first-order chi connectivity index (χ1) is 13.5. The molecule has 7 heteroatoms. The molecule has 0 aliphatic rings. The molecule has 0 fully saturated rings. The fourth-order valence-electron chi connectivity index (χ4n) is 2.86. The number of furan rings is 1. The number of hydrogen-bond donors (Lipinski definition) is 1. The van der Waals surface area contributed by atoms with Gasteiger partial charge < -0.3 is 9.15 Å². The van der Waals surface area contributed by atoms with E-state index in [1.807, 2.05) is 31.2 Å². The van der Waals surface area contributed by atoms with Gasteiger partial charge in [-0.1, -0.05) is 23.7 Å². The smallest absolute Gasteiger partial charge is 0.293 e. The van der Waals surface area contributed by atoms with E-state index in [0.717, 1.165) is 33.7 Å². The molecule has 5 nitrogen and oxygen atoms in total. The molecule has 0 saturated heterocycles. The first-order valence-corrected chi connectivity index (χ1v) is 9.81. The van der Waals surface area contributed by atoms with E-state index in [-0.39, 0.29) is 11.7 Å². The van der Waals surface area contributed by atoms with Gasteiger partial charge in [0.15, 0.2) is 10.9 Å². The molecule has 2 aromatic carbocycles. The van der Waals surface area contributed by atoms with Crippen molar-refractivity contribution in [1.82, 2.24) is 4.98 Å². The van der Waals surface area contributed by atoms with Crippen molar-refractivity contribution in [1.29, 1.82) is 0 Å². The molecule has 1 N–H and O–H groups in total. The van der Waals surface area contributed by atoms with Gasteiger partial charge in [-0.15, -0.1) is 11.3 Å². The van der Waals surface area contributed by atoms with Gasteiger partial charge in [0.2, 0.25) is 0 Å². The van der Waals surface area contributed by atoms with Crippen LogP contribution >= 0.6 is 22.9 Å². The topological polar surface area (TPSA) is 64.4 Å². The first kappa shape index (κ1) is 18.5. The number of thiazole rings is 1. The highest BCUT2D eigenvalue weighted by Crippen LogP contribution is 2.28. The Morgan fingerprint density at radius 1 is 1.21 bits per heavy atom. The van der Waals surface area contributed by atoms with Gasteiger partial charge in [-0.25, -0.2) is 4.98 Å². The zero-order chi connectivity index (χ0) is 19.7. The van der Waals surface area contributed by atoms with Crippen LogP contribution in [-0.4, -0.2) is 18.0 Å². The first-order valence-electron chi connectivity index (χ1n) is 8.61. The quantitative estimate of drug-likeness (QED) is 0.456. The molecular weight excluding hydrogens is 396 g/mol. The van der Waals surface area contributed by atoms with E-state index in [2.05, 4.69) is 10.3 Å². The van der Waals surface area contributed by atoms with Crippen LogP contribution in [0.1, 0.15) is 26.7 Å². The number of halogens is 1. The number of hydrogen-bond acceptors (Lipinski definition) is 5. The van der Waals surface area contributed by atoms with Crippen LogP contribution in [0.4, 0.5) is 5.13 Å². The van der Waals surface area contributed by atoms with Crippen molar-refractivity contribution in [3.8, 4) is 5.75 Å². The number of nitrogens with one attached hydrogen (secondary N) is 1. The molecule has 0 bridgehead atoms. The second-order valence-electron chi connectivity index (χ2n) is 6.30. The average molecular weight is 413 g/mol. The molecule has 4 rings (SSSR count). The summed E-state index contributed by atoms with van der Waals surface area (Å²) in [6, 6.07) is 14.8. The second kappa shape index (κ2) is 7.66. The van der Waals surface area contributed by atoms with Crippen molar-refractivity contribution in [2.24, 2.45) is 0 Å². The van der Waals surface area contributed by atoms with Crippen LogP contribution in [0, 0.1) is 6.92 Å². The summed E-state index contributed by atoms with van der Waals surface area (Å²) in [5.74, 6) is 0.712. The standard InChI is InChI=1S/C21H17ClN2O3S/c1-12-19(9-13-3-6-16(26-2)7-4-13)28-21(23-12)24-20(25)18-11-14-10-15(22)5-8-17(14)27-18/h3-8,10-11H,9H2,1-2H3,(H,23,24,25). The van der Waals surface area contributed by atoms with Gasteiger partial charge in [0.05, 0.1) is 12.8 Å². The van der Waals surface area contributed by atoms with Crippen LogP contribution in [0.15, 0.2) is 52.9 Å². The summed E-state index contributed by atoms with van der Waals surface area (Å²) in [6.45, 7) is 1.94. The predicted molar refractivity (Wildman–Crippen MR) is 112 cm³/mol. The number of rotatable bonds is 5. The maximum atomic E-state index is 12.5. The number of fused-ring (bicyclic) bond motifs is 1. The fraction of sp³-hybridized carbons (Fsp3) is 0.143. The van der Waals surface area contributed by atoms with E-state index < -0.39 is 0 Å². The van der Waals surface area contributed by atoms with Crippen molar-refractivity contribution in [3.05, 3.63) is 75.4 Å². The van der Waals surface area contributed by atoms with E-state index in [1.54, 1.807) is 31.4 Å². The molecule has 0 spiro atoms. The summed E-state index contributed by atoms with van der Waals surface area (Å²) in [5.41, 5.74) is 2.66. The number of aromatic nitrogens is 1. The molecule has 2 heterocycles. The minimum atomic E-state index is -0.336. The molecule has 2 aromatic heterocycles. The van der Waals surface area contributed by atoms with Crippen molar-refractivity contribution >= 4 is 44.9 Å². The summed E-state index contributed by atoms with van der Waals surface area (Å²) in [5, 5.41) is 4.75. The summed E-state index contributed by atoms with van der Waals surface area (Å²) in [4.78, 5) is 18.1. The fourth-order valence-corrected chi connectivity index (χ4v) is 4.03. The summed E-state index contributed by atoms with van der Waals surface area (Å²) in [7, 11) is 1.65. The maximum absolute atomic E-state index is 12.5. The Morgan fingerprint density at radius 2 is 2.00 bits per heavy atom. The Balaban J connectivity index is 1.49. The number of amides is 1. The van der Waals surface area contributed by atoms with Crippen LogP contribution in [0.5, 0.6) is 5.75 Å². The Hall–Kier alpha value is -2.83. The molecule has 142 valence electrons. The van der Waals surface area contributed by atoms with Crippen LogP contribution in [0.25, 0.3) is 11.0 Å². The number of anilines is 1. The third-order valence-corrected chi connectivity index (χ3v) is 5.65. The summed E-state index contributed by atoms with van der Waals surface area (Å²) >= 11 is 7.44. The lowest BCUT2D eigenvalue weighted by atomic mass is 10.1. The molecule has 0 atom stereocenters. The SMILES string of the molecule is COc1ccc(Cc2sc(NC(=O)c3cc4cc(Cl)ccc4o3)nc2C)cc1. The summed E-state index contributed by atoms with van der Waals surface area (Å²) in [6.07, 6.45) is 0.743. The normalized spacial score (nSPS) is 11.0. The Labute approximate surface area is 170 Å². The van der Waals surface area contributed by atoms with Gasteiger partial charge in [0.25, 0.3) is 5.91 Å². The second-order valence-corrected chi connectivity index (χ2v) is 7.82. The van der Waals surface area contributed by atoms with Gasteiger partial charge in [0, 0.05) is 21.7 Å². The average Bonchev–Trinajstić information content (AvgIpc) is 3.25. The van der Waals surface area contributed by atoms with Gasteiger partial charge in [-0.05, 0) is 48.9 Å². The Morgan fingerprint density at radius 3 is 2.75 bits per heavy atom. The largest absolute Gasteiger partial charge is 0.497 e. The maximum Gasteiger partial charge on any atom is 0.293 e. The highest BCUT2D eigenvalue weighted by Gasteiger charge is 2.16. The van der Waals surface area contributed by atoms with Crippen LogP contribution in [-0.2, 0) is 6.42 Å². The highest BCUT2D eigenvalue weighted by molar-refractivity contribution is 7.15. The molecular formula is C21H17ClN2O3S. The van der Waals surface area contributed by atoms with E-state index in [1.165, 1.54) is 11.3 Å². The van der Waals surface area contributed by atoms with Gasteiger partial charge in [-0.2, -0.15) is 0 Å². The molecule has 28 heavy (non-hydrogen) atoms. The van der Waals surface area contributed by atoms with Crippen molar-refractivity contribution in [2.45, 2.75) is 13.3 Å². The number of carbonyl (C=O) groups is 1. The number of aryl methyl sites for hydroxylation is 1. The number of ether oxygens (including phenoxy) is 1. The van der Waals surface area contributed by atoms with Crippen LogP contribution in [0.3, 0.4) is 0 Å². The van der Waals surface area contributed by atoms with Crippen LogP contribution in [0.2, 0.25) is 5.02 Å². The number of methoxy groups -OCH3 is 1. The lowest BCUT2D eigenvalue weighted by Crippen LogP contribution is -2.10. The van der Waals surface area contributed by atoms with E-state index in [4.69, 9.17) is 20.8 Å². The van der Waals surface area contributed by atoms with Gasteiger partial charge in [0.1, 0.15) is 11.3 Å². The van der Waals surface area contributed by atoms with E-state index in [9.17, 15) is 4.79 Å². The lowest BCUT2D eigenvalue weighted by Gasteiger charge is -2.02. The third kappa shape index (κ3) is 3.88. The molecule has 4 aromatic rings. The van der Waals surface area contributed by atoms with E-state index in [0.29, 0.717) is 15.7 Å². The third-order valence-electron chi connectivity index (χ3n) is 4.34. The zero-order valence-corrected chi connectivity index (χ0v) is 16.9. The predicted octanol–water partition coefficient (Wildman–Crippen LogP) is 5.70. The van der Waals surface area contributed by atoms with E-state index >= 15 is 0 Å². The van der Waals surface area contributed by atoms with Gasteiger partial charge in [-0.3, -0.25) is 10.1 Å². The molecule has 0 aliphatic heterocycles. The lowest BCUT2D eigenvalue weighted by molar-refractivity contribution is 0.0998. The molecule has 0 radical (unpaired) electrons. The zero-order valence-electron chi connectivity index (χ0n) is 15.3. The summed E-state index contributed by atoms with van der Waals surface area (Å²) < 4.78 is 10.8. The van der Waals surface area contributed by atoms with Crippen LogP contribution < -0.4 is 10.1 Å². The number of benzene rings is 2. The molecule has 0 saturated carbocycles. The monoisotopic (exact) mass is 412 g/mol. The molecule has 1 amide bonds. The van der Waals surface area contributed by atoms with Crippen molar-refractivity contribution < 1.29 is 13.9 Å². The Kier molecular flexibility index (Phi) is 5.07.